The number of halogens is 1. The molecule has 0 aromatic carbocycles. The second kappa shape index (κ2) is 3.68. The summed E-state index contributed by atoms with van der Waals surface area (Å²) in [6.45, 7) is 3.76. The molecule has 18 heavy (non-hydrogen) atoms. The summed E-state index contributed by atoms with van der Waals surface area (Å²) in [5, 5.41) is 9.85. The van der Waals surface area contributed by atoms with E-state index >= 15 is 0 Å². The number of fused-ring (bicyclic) bond motifs is 1. The van der Waals surface area contributed by atoms with Crippen LogP contribution >= 0.6 is 15.9 Å². The van der Waals surface area contributed by atoms with E-state index in [1.54, 1.807) is 0 Å². The third-order valence-corrected chi connectivity index (χ3v) is 4.04. The molecule has 0 saturated heterocycles. The van der Waals surface area contributed by atoms with Crippen molar-refractivity contribution in [1.82, 2.24) is 14.4 Å². The Morgan fingerprint density at radius 3 is 2.78 bits per heavy atom. The van der Waals surface area contributed by atoms with Crippen molar-refractivity contribution in [2.24, 2.45) is 0 Å². The summed E-state index contributed by atoms with van der Waals surface area (Å²) in [4.78, 5) is 8.77. The van der Waals surface area contributed by atoms with Crippen molar-refractivity contribution in [3.8, 4) is 0 Å². The maximum absolute atomic E-state index is 9.85. The lowest BCUT2D eigenvalue weighted by atomic mass is 9.72. The van der Waals surface area contributed by atoms with Crippen molar-refractivity contribution in [2.45, 2.75) is 38.2 Å². The molecule has 6 heteroatoms. The zero-order chi connectivity index (χ0) is 13.1. The molecule has 3 N–H and O–H groups in total. The summed E-state index contributed by atoms with van der Waals surface area (Å²) in [5.41, 5.74) is 7.04. The third kappa shape index (κ3) is 1.71. The molecule has 0 spiro atoms. The maximum atomic E-state index is 9.85. The third-order valence-electron chi connectivity index (χ3n) is 3.49. The fourth-order valence-corrected chi connectivity index (χ4v) is 3.29. The molecule has 1 aliphatic carbocycles. The van der Waals surface area contributed by atoms with Crippen LogP contribution in [0.5, 0.6) is 0 Å². The molecule has 2 heterocycles. The minimum Gasteiger partial charge on any atom is -0.390 e. The SMILES string of the molecule is Cc1cn2c(C3CC(C)(O)C3)nc(Br)c2c(N)n1. The normalized spacial score (nSPS) is 27.4. The number of aliphatic hydroxyl groups is 1. The largest absolute Gasteiger partial charge is 0.390 e. The highest BCUT2D eigenvalue weighted by molar-refractivity contribution is 9.10. The Labute approximate surface area is 113 Å². The highest BCUT2D eigenvalue weighted by Crippen LogP contribution is 2.44. The number of hydrogen-bond acceptors (Lipinski definition) is 4. The second-order valence-electron chi connectivity index (χ2n) is 5.35. The van der Waals surface area contributed by atoms with E-state index in [-0.39, 0.29) is 5.92 Å². The molecular weight excluding hydrogens is 296 g/mol. The summed E-state index contributed by atoms with van der Waals surface area (Å²) in [5.74, 6) is 1.70. The first-order valence-corrected chi connectivity index (χ1v) is 6.70. The number of anilines is 1. The molecular formula is C12H15BrN4O. The van der Waals surface area contributed by atoms with Gasteiger partial charge in [-0.05, 0) is 42.6 Å². The number of nitrogen functional groups attached to an aromatic ring is 1. The average Bonchev–Trinajstić information content (AvgIpc) is 2.51. The zero-order valence-corrected chi connectivity index (χ0v) is 11.9. The molecule has 0 atom stereocenters. The van der Waals surface area contributed by atoms with E-state index in [1.165, 1.54) is 0 Å². The van der Waals surface area contributed by atoms with E-state index < -0.39 is 5.60 Å². The fourth-order valence-electron chi connectivity index (χ4n) is 2.71. The highest BCUT2D eigenvalue weighted by Gasteiger charge is 2.41. The molecule has 2 aromatic rings. The minimum absolute atomic E-state index is 0.278. The molecule has 1 saturated carbocycles. The lowest BCUT2D eigenvalue weighted by Gasteiger charge is -2.40. The Hall–Kier alpha value is -1.14. The number of rotatable bonds is 1. The first-order chi connectivity index (χ1) is 8.37. The number of hydrogen-bond donors (Lipinski definition) is 2. The van der Waals surface area contributed by atoms with Crippen LogP contribution in [0, 0.1) is 6.92 Å². The number of nitrogens with zero attached hydrogens (tertiary/aromatic N) is 3. The number of imidazole rings is 1. The van der Waals surface area contributed by atoms with Crippen LogP contribution in [-0.4, -0.2) is 25.1 Å². The Bertz CT molecular complexity index is 627. The van der Waals surface area contributed by atoms with Gasteiger partial charge in [-0.25, -0.2) is 9.97 Å². The summed E-state index contributed by atoms with van der Waals surface area (Å²) in [6, 6.07) is 0. The van der Waals surface area contributed by atoms with Crippen LogP contribution in [0.1, 0.15) is 37.2 Å². The summed E-state index contributed by atoms with van der Waals surface area (Å²) >= 11 is 3.43. The van der Waals surface area contributed by atoms with Gasteiger partial charge in [0.1, 0.15) is 15.9 Å². The molecule has 0 amide bonds. The smallest absolute Gasteiger partial charge is 0.150 e. The highest BCUT2D eigenvalue weighted by atomic mass is 79.9. The number of aryl methyl sites for hydroxylation is 1. The quantitative estimate of drug-likeness (QED) is 0.844. The van der Waals surface area contributed by atoms with Crippen molar-refractivity contribution in [3.63, 3.8) is 0 Å². The van der Waals surface area contributed by atoms with Gasteiger partial charge in [0.25, 0.3) is 0 Å². The van der Waals surface area contributed by atoms with Gasteiger partial charge in [0, 0.05) is 12.1 Å². The van der Waals surface area contributed by atoms with Gasteiger partial charge in [-0.1, -0.05) is 0 Å². The first-order valence-electron chi connectivity index (χ1n) is 5.90. The van der Waals surface area contributed by atoms with Crippen molar-refractivity contribution in [3.05, 3.63) is 22.3 Å². The van der Waals surface area contributed by atoms with Gasteiger partial charge in [0.05, 0.1) is 11.3 Å². The molecule has 2 aromatic heterocycles. The van der Waals surface area contributed by atoms with E-state index in [1.807, 2.05) is 24.4 Å². The lowest BCUT2D eigenvalue weighted by Crippen LogP contribution is -2.40. The van der Waals surface area contributed by atoms with E-state index in [0.29, 0.717) is 10.4 Å². The molecule has 3 rings (SSSR count). The molecule has 5 nitrogen and oxygen atoms in total. The zero-order valence-electron chi connectivity index (χ0n) is 10.3. The molecule has 96 valence electrons. The average molecular weight is 311 g/mol. The van der Waals surface area contributed by atoms with E-state index in [2.05, 4.69) is 25.9 Å². The minimum atomic E-state index is -0.559. The van der Waals surface area contributed by atoms with E-state index in [9.17, 15) is 5.11 Å². The first kappa shape index (κ1) is 11.9. The van der Waals surface area contributed by atoms with E-state index in [0.717, 1.165) is 29.9 Å². The van der Waals surface area contributed by atoms with Crippen molar-refractivity contribution >= 4 is 27.3 Å². The van der Waals surface area contributed by atoms with Crippen LogP contribution in [0.15, 0.2) is 10.8 Å². The van der Waals surface area contributed by atoms with Gasteiger partial charge in [-0.2, -0.15) is 0 Å². The summed E-state index contributed by atoms with van der Waals surface area (Å²) in [7, 11) is 0. The van der Waals surface area contributed by atoms with Crippen LogP contribution in [0.3, 0.4) is 0 Å². The second-order valence-corrected chi connectivity index (χ2v) is 6.10. The van der Waals surface area contributed by atoms with Gasteiger partial charge in [-0.15, -0.1) is 0 Å². The topological polar surface area (TPSA) is 76.4 Å². The Balaban J connectivity index is 2.14. The van der Waals surface area contributed by atoms with Crippen molar-refractivity contribution in [1.29, 1.82) is 0 Å². The van der Waals surface area contributed by atoms with Crippen LogP contribution in [-0.2, 0) is 0 Å². The Morgan fingerprint density at radius 1 is 1.50 bits per heavy atom. The van der Waals surface area contributed by atoms with Gasteiger partial charge >= 0.3 is 0 Å². The standard InChI is InChI=1S/C12H15BrN4O/c1-6-5-17-8(10(14)15-6)9(13)16-11(17)7-3-12(2,18)4-7/h5,7,18H,3-4H2,1-2H3,(H2,14,15). The fraction of sp³-hybridized carbons (Fsp3) is 0.500. The predicted octanol–water partition coefficient (Wildman–Crippen LogP) is 2.01. The lowest BCUT2D eigenvalue weighted by molar-refractivity contribution is -0.0335. The molecule has 0 bridgehead atoms. The molecule has 1 fully saturated rings. The molecule has 0 aliphatic heterocycles. The van der Waals surface area contributed by atoms with Crippen LogP contribution in [0.4, 0.5) is 5.82 Å². The van der Waals surface area contributed by atoms with Gasteiger partial charge < -0.3 is 10.8 Å². The van der Waals surface area contributed by atoms with Crippen LogP contribution < -0.4 is 5.73 Å². The molecule has 0 unspecified atom stereocenters. The number of aromatic nitrogens is 3. The van der Waals surface area contributed by atoms with Crippen molar-refractivity contribution in [2.75, 3.05) is 5.73 Å². The molecule has 0 radical (unpaired) electrons. The van der Waals surface area contributed by atoms with Gasteiger partial charge in [0.2, 0.25) is 0 Å². The van der Waals surface area contributed by atoms with E-state index in [4.69, 9.17) is 5.73 Å². The maximum Gasteiger partial charge on any atom is 0.150 e. The molecule has 1 aliphatic rings. The summed E-state index contributed by atoms with van der Waals surface area (Å²) < 4.78 is 2.70. The Kier molecular flexibility index (Phi) is 2.44. The summed E-state index contributed by atoms with van der Waals surface area (Å²) in [6.07, 6.45) is 3.41. The van der Waals surface area contributed by atoms with Gasteiger partial charge in [0.15, 0.2) is 5.82 Å². The monoisotopic (exact) mass is 310 g/mol. The van der Waals surface area contributed by atoms with Gasteiger partial charge in [-0.3, -0.25) is 4.40 Å². The number of nitrogens with two attached hydrogens (primary N) is 1. The Morgan fingerprint density at radius 2 is 2.17 bits per heavy atom. The predicted molar refractivity (Wildman–Crippen MR) is 72.4 cm³/mol. The van der Waals surface area contributed by atoms with Crippen molar-refractivity contribution < 1.29 is 5.11 Å². The van der Waals surface area contributed by atoms with Crippen LogP contribution in [0.2, 0.25) is 0 Å². The van der Waals surface area contributed by atoms with Crippen LogP contribution in [0.25, 0.3) is 5.52 Å².